The van der Waals surface area contributed by atoms with Crippen LogP contribution < -0.4 is 0 Å². The van der Waals surface area contributed by atoms with Crippen LogP contribution in [0.25, 0.3) is 0 Å². The summed E-state index contributed by atoms with van der Waals surface area (Å²) in [5.41, 5.74) is -2.28. The zero-order valence-electron chi connectivity index (χ0n) is 13.5. The van der Waals surface area contributed by atoms with Crippen LogP contribution in [-0.4, -0.2) is 38.3 Å². The summed E-state index contributed by atoms with van der Waals surface area (Å²) in [5, 5.41) is 14.5. The Labute approximate surface area is 130 Å². The Hall–Kier alpha value is -1.04. The smallest absolute Gasteiger partial charge is 0.164 e. The Morgan fingerprint density at radius 1 is 1.36 bits per heavy atom. The molecule has 1 aromatic rings. The molecule has 1 fully saturated rings. The van der Waals surface area contributed by atoms with Gasteiger partial charge in [-0.1, -0.05) is 39.0 Å². The third-order valence-electron chi connectivity index (χ3n) is 4.96. The largest absolute Gasteiger partial charge is 0.387 e. The number of alkyl halides is 2. The third-order valence-corrected chi connectivity index (χ3v) is 4.96. The molecule has 1 saturated carbocycles. The van der Waals surface area contributed by atoms with Gasteiger partial charge in [-0.25, -0.2) is 18.4 Å². The van der Waals surface area contributed by atoms with E-state index in [1.807, 2.05) is 6.92 Å². The highest BCUT2D eigenvalue weighted by molar-refractivity contribution is 4.92. The van der Waals surface area contributed by atoms with Gasteiger partial charge in [0.2, 0.25) is 0 Å². The number of aliphatic hydroxyl groups excluding tert-OH is 1. The van der Waals surface area contributed by atoms with Gasteiger partial charge < -0.3 is 5.11 Å². The minimum Gasteiger partial charge on any atom is -0.387 e. The lowest BCUT2D eigenvalue weighted by Gasteiger charge is -2.36. The lowest BCUT2D eigenvalue weighted by atomic mass is 9.78. The molecular weight excluding hydrogens is 288 g/mol. The number of hydrogen-bond donors (Lipinski definition) is 1. The molecule has 1 aromatic heterocycles. The monoisotopic (exact) mass is 315 g/mol. The fraction of sp³-hybridized carbons (Fsp3) is 0.875. The quantitative estimate of drug-likeness (QED) is 0.838. The zero-order valence-corrected chi connectivity index (χ0v) is 13.5. The molecule has 4 unspecified atom stereocenters. The maximum absolute atomic E-state index is 14.3. The summed E-state index contributed by atoms with van der Waals surface area (Å²) in [7, 11) is 0. The van der Waals surface area contributed by atoms with E-state index in [1.165, 1.54) is 49.4 Å². The first-order chi connectivity index (χ1) is 10.5. The van der Waals surface area contributed by atoms with Crippen LogP contribution in [0, 0.1) is 11.8 Å². The van der Waals surface area contributed by atoms with E-state index in [9.17, 15) is 13.9 Å². The van der Waals surface area contributed by atoms with Crippen LogP contribution in [0.3, 0.4) is 0 Å². The van der Waals surface area contributed by atoms with E-state index in [0.717, 1.165) is 13.3 Å². The Kier molecular flexibility index (Phi) is 5.89. The van der Waals surface area contributed by atoms with E-state index in [2.05, 4.69) is 10.1 Å². The van der Waals surface area contributed by atoms with E-state index in [1.54, 1.807) is 0 Å². The lowest BCUT2D eigenvalue weighted by molar-refractivity contribution is -0.0602. The highest BCUT2D eigenvalue weighted by atomic mass is 19.2. The van der Waals surface area contributed by atoms with Crippen molar-refractivity contribution in [1.82, 2.24) is 14.8 Å². The van der Waals surface area contributed by atoms with Crippen LogP contribution >= 0.6 is 0 Å². The first kappa shape index (κ1) is 17.3. The Morgan fingerprint density at radius 3 is 2.59 bits per heavy atom. The third kappa shape index (κ3) is 4.03. The Balaban J connectivity index is 2.13. The minimum absolute atomic E-state index is 0.00132. The molecular formula is C16H27F2N3O. The molecule has 1 N–H and O–H groups in total. The van der Waals surface area contributed by atoms with Crippen molar-refractivity contribution in [3.8, 4) is 0 Å². The highest BCUT2D eigenvalue weighted by Gasteiger charge is 2.42. The summed E-state index contributed by atoms with van der Waals surface area (Å²) in [6.07, 6.45) is 8.39. The first-order valence-electron chi connectivity index (χ1n) is 8.22. The van der Waals surface area contributed by atoms with E-state index in [0.29, 0.717) is 5.92 Å². The van der Waals surface area contributed by atoms with Gasteiger partial charge in [0.25, 0.3) is 0 Å². The molecule has 22 heavy (non-hydrogen) atoms. The molecule has 1 aliphatic carbocycles. The average molecular weight is 315 g/mol. The minimum atomic E-state index is -2.28. The summed E-state index contributed by atoms with van der Waals surface area (Å²) < 4.78 is 28.8. The predicted octanol–water partition coefficient (Wildman–Crippen LogP) is 3.48. The van der Waals surface area contributed by atoms with Crippen molar-refractivity contribution in [3.05, 3.63) is 12.7 Å². The van der Waals surface area contributed by atoms with E-state index >= 15 is 0 Å². The number of rotatable bonds is 7. The second-order valence-corrected chi connectivity index (χ2v) is 6.94. The molecule has 4 nitrogen and oxygen atoms in total. The molecule has 2 rings (SSSR count). The van der Waals surface area contributed by atoms with Gasteiger partial charge in [-0.15, -0.1) is 0 Å². The zero-order chi connectivity index (χ0) is 16.2. The van der Waals surface area contributed by atoms with Crippen LogP contribution in [-0.2, 0) is 0 Å². The molecule has 0 spiro atoms. The molecule has 0 saturated heterocycles. The van der Waals surface area contributed by atoms with Gasteiger partial charge in [0.1, 0.15) is 25.4 Å². The van der Waals surface area contributed by atoms with E-state index in [4.69, 9.17) is 0 Å². The van der Waals surface area contributed by atoms with Gasteiger partial charge in [0.15, 0.2) is 5.67 Å². The topological polar surface area (TPSA) is 50.9 Å². The van der Waals surface area contributed by atoms with Crippen LogP contribution in [0.15, 0.2) is 12.7 Å². The second-order valence-electron chi connectivity index (χ2n) is 6.94. The molecule has 0 aliphatic heterocycles. The standard InChI is InChI=1S/C16H27F2N3O/c1-12(8-13-6-4-3-5-7-13)14(21-11-19-10-20-21)15(22)16(2,18)9-17/h10-15,22H,3-9H2,1-2H3. The molecule has 126 valence electrons. The fourth-order valence-corrected chi connectivity index (χ4v) is 3.61. The van der Waals surface area contributed by atoms with Gasteiger partial charge in [0, 0.05) is 0 Å². The van der Waals surface area contributed by atoms with Gasteiger partial charge in [0.05, 0.1) is 6.04 Å². The van der Waals surface area contributed by atoms with Crippen LogP contribution in [0.2, 0.25) is 0 Å². The molecule has 0 amide bonds. The first-order valence-corrected chi connectivity index (χ1v) is 8.22. The fourth-order valence-electron chi connectivity index (χ4n) is 3.61. The molecule has 0 radical (unpaired) electrons. The number of halogens is 2. The maximum atomic E-state index is 14.3. The van der Waals surface area contributed by atoms with E-state index in [-0.39, 0.29) is 5.92 Å². The van der Waals surface area contributed by atoms with E-state index < -0.39 is 24.5 Å². The normalized spacial score (nSPS) is 23.7. The van der Waals surface area contributed by atoms with Crippen molar-refractivity contribution in [3.63, 3.8) is 0 Å². The van der Waals surface area contributed by atoms with Crippen LogP contribution in [0.4, 0.5) is 8.78 Å². The summed E-state index contributed by atoms with van der Waals surface area (Å²) in [5.74, 6) is 0.597. The Bertz CT molecular complexity index is 433. The maximum Gasteiger partial charge on any atom is 0.164 e. The summed E-state index contributed by atoms with van der Waals surface area (Å²) in [6.45, 7) is 1.88. The average Bonchev–Trinajstić information content (AvgIpc) is 3.02. The SMILES string of the molecule is CC(CC1CCCCC1)C(C(O)C(C)(F)CF)n1cncn1. The highest BCUT2D eigenvalue weighted by Crippen LogP contribution is 2.37. The van der Waals surface area contributed by atoms with Crippen molar-refractivity contribution in [2.24, 2.45) is 11.8 Å². The van der Waals surface area contributed by atoms with Gasteiger partial charge >= 0.3 is 0 Å². The van der Waals surface area contributed by atoms with Crippen molar-refractivity contribution in [2.45, 2.75) is 70.2 Å². The summed E-state index contributed by atoms with van der Waals surface area (Å²) in [4.78, 5) is 3.89. The molecule has 0 bridgehead atoms. The second kappa shape index (κ2) is 7.49. The Morgan fingerprint density at radius 2 is 2.05 bits per heavy atom. The lowest BCUT2D eigenvalue weighted by Crippen LogP contribution is -2.46. The summed E-state index contributed by atoms with van der Waals surface area (Å²) >= 11 is 0. The van der Waals surface area contributed by atoms with Gasteiger partial charge in [-0.05, 0) is 25.2 Å². The van der Waals surface area contributed by atoms with Gasteiger partial charge in [-0.2, -0.15) is 5.10 Å². The number of aliphatic hydroxyl groups is 1. The van der Waals surface area contributed by atoms with Gasteiger partial charge in [-0.3, -0.25) is 0 Å². The molecule has 1 aliphatic rings. The van der Waals surface area contributed by atoms with Crippen LogP contribution in [0.5, 0.6) is 0 Å². The van der Waals surface area contributed by atoms with Crippen molar-refractivity contribution in [2.75, 3.05) is 6.67 Å². The van der Waals surface area contributed by atoms with Crippen molar-refractivity contribution in [1.29, 1.82) is 0 Å². The predicted molar refractivity (Wildman–Crippen MR) is 80.9 cm³/mol. The summed E-state index contributed by atoms with van der Waals surface area (Å²) in [6, 6.07) is -0.602. The molecule has 6 heteroatoms. The molecule has 4 atom stereocenters. The van der Waals surface area contributed by atoms with Crippen molar-refractivity contribution < 1.29 is 13.9 Å². The molecule has 1 heterocycles. The number of nitrogens with zero attached hydrogens (tertiary/aromatic N) is 3. The van der Waals surface area contributed by atoms with Crippen molar-refractivity contribution >= 4 is 0 Å². The molecule has 0 aromatic carbocycles. The number of aromatic nitrogens is 3. The van der Waals surface area contributed by atoms with Crippen LogP contribution in [0.1, 0.15) is 58.4 Å². The number of hydrogen-bond acceptors (Lipinski definition) is 3.